The zero-order valence-electron chi connectivity index (χ0n) is 32.6. The average Bonchev–Trinajstić information content (AvgIpc) is 3.78. The lowest BCUT2D eigenvalue weighted by atomic mass is 10.1. The van der Waals surface area contributed by atoms with E-state index in [0.29, 0.717) is 11.3 Å². The number of primary amides is 1. The number of amides is 1. The first-order valence-electron chi connectivity index (χ1n) is 19.2. The largest absolute Gasteiger partial charge is 0.399 e. The molecule has 0 unspecified atom stereocenters. The minimum Gasteiger partial charge on any atom is -0.399 e. The van der Waals surface area contributed by atoms with Gasteiger partial charge in [0.25, 0.3) is 17.0 Å². The second-order valence-corrected chi connectivity index (χ2v) is 14.2. The Kier molecular flexibility index (Phi) is 15.1. The molecule has 0 atom stereocenters. The molecule has 0 radical (unpaired) electrons. The monoisotopic (exact) mass is 830 g/mol. The van der Waals surface area contributed by atoms with Crippen molar-refractivity contribution < 1.29 is 4.79 Å². The van der Waals surface area contributed by atoms with Crippen molar-refractivity contribution in [3.05, 3.63) is 251 Å². The maximum Gasteiger partial charge on any atom is 0.331 e. The third-order valence-corrected chi connectivity index (χ3v) is 9.76. The van der Waals surface area contributed by atoms with Crippen LogP contribution in [-0.4, -0.2) is 34.0 Å². The highest BCUT2D eigenvalue weighted by Gasteiger charge is 2.18. The quantitative estimate of drug-likeness (QED) is 0.143. The fourth-order valence-electron chi connectivity index (χ4n) is 6.73. The number of anilines is 1. The standard InChI is InChI=1S/C37H32N4O4.C10H10N4O.2CH4/c42-34-32(26-38(22-28-13-5-1-6-14-28)36(44)40(34)24-30-17-9-3-10-18-30)21-33-27-39(23-29-15-7-2-8-16-29)37(45)41(35(33)43)25-31-19-11-4-12-20-31;11-8-2-1-3-9(4-8)14-6-7(5-13-14)10(12)15;;/h1-20,26-27H,21-25H2;1-6H,11H2,(H2,12,15);2*1H4. The van der Waals surface area contributed by atoms with E-state index in [1.165, 1.54) is 24.5 Å². The zero-order valence-corrected chi connectivity index (χ0v) is 32.6. The lowest BCUT2D eigenvalue weighted by Gasteiger charge is -2.16. The molecule has 13 nitrogen and oxygen atoms in total. The number of carbonyl (C=O) groups is 1. The Bertz CT molecular complexity index is 2820. The molecule has 0 aliphatic carbocycles. The minimum absolute atomic E-state index is 0. The zero-order chi connectivity index (χ0) is 42.0. The Balaban J connectivity index is 0.000000361. The molecular formula is C49H50N8O5. The van der Waals surface area contributed by atoms with Gasteiger partial charge in [-0.1, -0.05) is 142 Å². The van der Waals surface area contributed by atoms with Crippen molar-refractivity contribution in [2.75, 3.05) is 5.73 Å². The van der Waals surface area contributed by atoms with Crippen molar-refractivity contribution in [3.63, 3.8) is 0 Å². The molecule has 316 valence electrons. The number of nitrogen functional groups attached to an aromatic ring is 1. The van der Waals surface area contributed by atoms with Crippen LogP contribution in [0.25, 0.3) is 5.69 Å². The highest BCUT2D eigenvalue weighted by atomic mass is 16.2. The Morgan fingerprint density at radius 1 is 0.516 bits per heavy atom. The van der Waals surface area contributed by atoms with E-state index in [2.05, 4.69) is 5.10 Å². The van der Waals surface area contributed by atoms with Crippen LogP contribution in [0.15, 0.2) is 190 Å². The lowest BCUT2D eigenvalue weighted by molar-refractivity contribution is 0.1000. The topological polar surface area (TPSA) is 175 Å². The molecule has 0 bridgehead atoms. The maximum atomic E-state index is 13.9. The van der Waals surface area contributed by atoms with Crippen LogP contribution in [0.1, 0.15) is 58.6 Å². The Morgan fingerprint density at radius 3 is 1.29 bits per heavy atom. The summed E-state index contributed by atoms with van der Waals surface area (Å²) in [6.07, 6.45) is 6.04. The normalized spacial score (nSPS) is 10.5. The molecule has 0 saturated carbocycles. The molecule has 4 N–H and O–H groups in total. The van der Waals surface area contributed by atoms with Crippen molar-refractivity contribution in [1.29, 1.82) is 0 Å². The number of aromatic nitrogens is 6. The van der Waals surface area contributed by atoms with E-state index in [0.717, 1.165) is 27.9 Å². The SMILES string of the molecule is C.C.NC(=O)c1cnn(-c2cccc(N)c2)c1.O=c1c(Cc2cn(Cc3ccccc3)c(=O)n(Cc3ccccc3)c2=O)cn(Cc2ccccc2)c(=O)n1Cc1ccccc1. The van der Waals surface area contributed by atoms with E-state index in [1.54, 1.807) is 35.4 Å². The number of carbonyl (C=O) groups excluding carboxylic acids is 1. The second kappa shape index (κ2) is 20.8. The predicted octanol–water partition coefficient (Wildman–Crippen LogP) is 5.94. The summed E-state index contributed by atoms with van der Waals surface area (Å²) in [5, 5.41) is 4.01. The van der Waals surface area contributed by atoms with Gasteiger partial charge in [0.1, 0.15) is 0 Å². The number of nitrogens with two attached hydrogens (primary N) is 2. The van der Waals surface area contributed by atoms with Crippen molar-refractivity contribution in [2.45, 2.75) is 47.5 Å². The molecule has 8 aromatic rings. The number of hydrogen-bond acceptors (Lipinski definition) is 7. The first-order chi connectivity index (χ1) is 29.1. The summed E-state index contributed by atoms with van der Waals surface area (Å²) < 4.78 is 7.01. The van der Waals surface area contributed by atoms with Crippen LogP contribution < -0.4 is 34.0 Å². The highest BCUT2D eigenvalue weighted by molar-refractivity contribution is 5.92. The van der Waals surface area contributed by atoms with Crippen molar-refractivity contribution in [1.82, 2.24) is 28.0 Å². The van der Waals surface area contributed by atoms with E-state index in [9.17, 15) is 24.0 Å². The van der Waals surface area contributed by atoms with E-state index >= 15 is 0 Å². The Hall–Kier alpha value is -8.06. The highest BCUT2D eigenvalue weighted by Crippen LogP contribution is 2.12. The Labute approximate surface area is 359 Å². The number of rotatable bonds is 12. The molecule has 5 aromatic carbocycles. The summed E-state index contributed by atoms with van der Waals surface area (Å²) in [5.41, 5.74) is 14.7. The third-order valence-electron chi connectivity index (χ3n) is 9.76. The molecule has 0 spiro atoms. The van der Waals surface area contributed by atoms with Crippen LogP contribution in [0.5, 0.6) is 0 Å². The molecule has 3 aromatic heterocycles. The van der Waals surface area contributed by atoms with E-state index in [1.807, 2.05) is 133 Å². The van der Waals surface area contributed by atoms with Gasteiger partial charge in [-0.3, -0.25) is 32.7 Å². The van der Waals surface area contributed by atoms with Gasteiger partial charge >= 0.3 is 11.4 Å². The van der Waals surface area contributed by atoms with E-state index in [-0.39, 0.29) is 58.6 Å². The molecular weight excluding hydrogens is 781 g/mol. The van der Waals surface area contributed by atoms with Crippen molar-refractivity contribution >= 4 is 11.6 Å². The van der Waals surface area contributed by atoms with Gasteiger partial charge in [0, 0.05) is 41.8 Å². The molecule has 3 heterocycles. The molecule has 13 heteroatoms. The number of nitrogens with zero attached hydrogens (tertiary/aromatic N) is 6. The summed E-state index contributed by atoms with van der Waals surface area (Å²) in [6, 6.07) is 44.9. The second-order valence-electron chi connectivity index (χ2n) is 14.2. The molecule has 0 aliphatic heterocycles. The Morgan fingerprint density at radius 2 is 0.919 bits per heavy atom. The van der Waals surface area contributed by atoms with Gasteiger partial charge in [-0.15, -0.1) is 0 Å². The number of benzene rings is 5. The fourth-order valence-corrected chi connectivity index (χ4v) is 6.73. The van der Waals surface area contributed by atoms with E-state index in [4.69, 9.17) is 11.5 Å². The van der Waals surface area contributed by atoms with Gasteiger partial charge in [-0.2, -0.15) is 5.10 Å². The van der Waals surface area contributed by atoms with Crippen LogP contribution in [0.2, 0.25) is 0 Å². The minimum atomic E-state index is -0.495. The van der Waals surface area contributed by atoms with Gasteiger partial charge in [0.05, 0.1) is 43.6 Å². The van der Waals surface area contributed by atoms with Crippen LogP contribution >= 0.6 is 0 Å². The first-order valence-corrected chi connectivity index (χ1v) is 19.2. The predicted molar refractivity (Wildman–Crippen MR) is 245 cm³/mol. The van der Waals surface area contributed by atoms with Gasteiger partial charge in [-0.05, 0) is 40.5 Å². The summed E-state index contributed by atoms with van der Waals surface area (Å²) in [4.78, 5) is 66.0. The number of hydrogen-bond donors (Lipinski definition) is 2. The summed E-state index contributed by atoms with van der Waals surface area (Å²) in [5.74, 6) is -0.495. The smallest absolute Gasteiger partial charge is 0.331 e. The van der Waals surface area contributed by atoms with Crippen LogP contribution in [0.3, 0.4) is 0 Å². The molecule has 8 rings (SSSR count). The summed E-state index contributed by atoms with van der Waals surface area (Å²) in [6.45, 7) is 0.695. The maximum absolute atomic E-state index is 13.9. The van der Waals surface area contributed by atoms with Crippen molar-refractivity contribution in [2.24, 2.45) is 5.73 Å². The van der Waals surface area contributed by atoms with Gasteiger partial charge < -0.3 is 11.5 Å². The summed E-state index contributed by atoms with van der Waals surface area (Å²) >= 11 is 0. The molecule has 0 saturated heterocycles. The van der Waals surface area contributed by atoms with Gasteiger partial charge in [0.15, 0.2) is 0 Å². The fraction of sp³-hybridized carbons (Fsp3) is 0.143. The third kappa shape index (κ3) is 11.0. The van der Waals surface area contributed by atoms with Gasteiger partial charge in [-0.25, -0.2) is 14.3 Å². The van der Waals surface area contributed by atoms with Crippen LogP contribution in [0.4, 0.5) is 5.69 Å². The lowest BCUT2D eigenvalue weighted by Crippen LogP contribution is -2.44. The summed E-state index contributed by atoms with van der Waals surface area (Å²) in [7, 11) is 0. The van der Waals surface area contributed by atoms with Crippen LogP contribution in [0, 0.1) is 0 Å². The van der Waals surface area contributed by atoms with Crippen molar-refractivity contribution in [3.8, 4) is 5.69 Å². The van der Waals surface area contributed by atoms with E-state index < -0.39 is 28.4 Å². The van der Waals surface area contributed by atoms with Crippen LogP contribution in [-0.2, 0) is 32.6 Å². The van der Waals surface area contributed by atoms with Gasteiger partial charge in [0.2, 0.25) is 0 Å². The molecule has 1 amide bonds. The molecule has 62 heavy (non-hydrogen) atoms. The first kappa shape index (κ1) is 45.0. The average molecular weight is 831 g/mol. The molecule has 0 aliphatic rings. The molecule has 0 fully saturated rings.